The monoisotopic (exact) mass is 233 g/mol. The molecule has 2 aromatic rings. The summed E-state index contributed by atoms with van der Waals surface area (Å²) in [6.07, 6.45) is 0. The van der Waals surface area contributed by atoms with Crippen molar-refractivity contribution in [3.63, 3.8) is 0 Å². The molecule has 6 heteroatoms. The average Bonchev–Trinajstić information content (AvgIpc) is 2.72. The van der Waals surface area contributed by atoms with Crippen molar-refractivity contribution >= 4 is 11.6 Å². The number of anilines is 2. The third-order valence-electron chi connectivity index (χ3n) is 2.22. The highest BCUT2D eigenvalue weighted by Gasteiger charge is 2.03. The van der Waals surface area contributed by atoms with Gasteiger partial charge in [-0.1, -0.05) is 5.16 Å². The summed E-state index contributed by atoms with van der Waals surface area (Å²) in [5, 5.41) is 10.1. The lowest BCUT2D eigenvalue weighted by molar-refractivity contribution is 0.391. The van der Waals surface area contributed by atoms with Gasteiger partial charge in [0.05, 0.1) is 6.54 Å². The summed E-state index contributed by atoms with van der Waals surface area (Å²) in [6.45, 7) is 4.30. The van der Waals surface area contributed by atoms with Gasteiger partial charge in [0, 0.05) is 19.2 Å². The van der Waals surface area contributed by atoms with Crippen molar-refractivity contribution < 1.29 is 4.52 Å². The van der Waals surface area contributed by atoms with Crippen LogP contribution >= 0.6 is 0 Å². The molecule has 90 valence electrons. The van der Waals surface area contributed by atoms with Gasteiger partial charge < -0.3 is 15.2 Å². The molecule has 0 aromatic carbocycles. The van der Waals surface area contributed by atoms with Crippen LogP contribution in [-0.2, 0) is 6.54 Å². The largest absolute Gasteiger partial charge is 0.373 e. The minimum atomic E-state index is 0.580. The Kier molecular flexibility index (Phi) is 3.22. The summed E-state index contributed by atoms with van der Waals surface area (Å²) >= 11 is 0. The van der Waals surface area contributed by atoms with Crippen LogP contribution in [0.3, 0.4) is 0 Å². The van der Waals surface area contributed by atoms with E-state index in [0.29, 0.717) is 6.54 Å². The van der Waals surface area contributed by atoms with Crippen molar-refractivity contribution in [1.82, 2.24) is 15.1 Å². The zero-order valence-electron chi connectivity index (χ0n) is 10.1. The smallest absolute Gasteiger partial charge is 0.133 e. The van der Waals surface area contributed by atoms with Crippen LogP contribution in [0.5, 0.6) is 0 Å². The number of aryl methyl sites for hydroxylation is 2. The Hall–Kier alpha value is -2.11. The molecule has 0 bridgehead atoms. The average molecular weight is 233 g/mol. The van der Waals surface area contributed by atoms with Crippen LogP contribution in [0.2, 0.25) is 0 Å². The Bertz CT molecular complexity index is 508. The van der Waals surface area contributed by atoms with Gasteiger partial charge in [0.2, 0.25) is 0 Å². The van der Waals surface area contributed by atoms with E-state index in [2.05, 4.69) is 25.8 Å². The third-order valence-corrected chi connectivity index (χ3v) is 2.22. The van der Waals surface area contributed by atoms with Crippen molar-refractivity contribution in [2.24, 2.45) is 0 Å². The molecule has 2 rings (SSSR count). The molecule has 0 amide bonds. The molecule has 17 heavy (non-hydrogen) atoms. The summed E-state index contributed by atoms with van der Waals surface area (Å²) in [4.78, 5) is 8.50. The first-order chi connectivity index (χ1) is 8.17. The maximum Gasteiger partial charge on any atom is 0.133 e. The Balaban J connectivity index is 2.05. The van der Waals surface area contributed by atoms with Crippen LogP contribution in [0, 0.1) is 13.8 Å². The highest BCUT2D eigenvalue weighted by Crippen LogP contribution is 2.11. The number of hydrogen-bond donors (Lipinski definition) is 2. The molecule has 0 spiro atoms. The Morgan fingerprint density at radius 3 is 2.59 bits per heavy atom. The molecule has 0 aliphatic carbocycles. The SMILES string of the molecule is CNc1cc(NCc2cc(C)on2)nc(C)n1. The first kappa shape index (κ1) is 11.4. The highest BCUT2D eigenvalue weighted by atomic mass is 16.5. The standard InChI is InChI=1S/C11H15N5O/c1-7-4-9(16-17-7)6-13-11-5-10(12-3)14-8(2)15-11/h4-5H,6H2,1-3H3,(H2,12,13,14,15). The van der Waals surface area contributed by atoms with Crippen molar-refractivity contribution in [2.45, 2.75) is 20.4 Å². The van der Waals surface area contributed by atoms with E-state index in [1.807, 2.05) is 33.0 Å². The Morgan fingerprint density at radius 2 is 1.94 bits per heavy atom. The molecule has 0 atom stereocenters. The second kappa shape index (κ2) is 4.82. The molecule has 2 N–H and O–H groups in total. The van der Waals surface area contributed by atoms with Crippen LogP contribution in [0.1, 0.15) is 17.3 Å². The molecule has 0 unspecified atom stereocenters. The molecule has 0 radical (unpaired) electrons. The Labute approximate surface area is 99.5 Å². The molecular formula is C11H15N5O. The molecule has 0 aliphatic rings. The lowest BCUT2D eigenvalue weighted by atomic mass is 10.3. The first-order valence-electron chi connectivity index (χ1n) is 5.37. The highest BCUT2D eigenvalue weighted by molar-refractivity contribution is 5.47. The van der Waals surface area contributed by atoms with E-state index in [1.165, 1.54) is 0 Å². The van der Waals surface area contributed by atoms with Crippen molar-refractivity contribution in [3.8, 4) is 0 Å². The van der Waals surface area contributed by atoms with Crippen LogP contribution in [0.25, 0.3) is 0 Å². The van der Waals surface area contributed by atoms with Gasteiger partial charge >= 0.3 is 0 Å². The predicted octanol–water partition coefficient (Wildman–Crippen LogP) is 1.74. The molecule has 0 fully saturated rings. The predicted molar refractivity (Wildman–Crippen MR) is 64.9 cm³/mol. The van der Waals surface area contributed by atoms with Crippen LogP contribution in [0.15, 0.2) is 16.7 Å². The number of nitrogens with zero attached hydrogens (tertiary/aromatic N) is 3. The fourth-order valence-corrected chi connectivity index (χ4v) is 1.47. The van der Waals surface area contributed by atoms with Crippen molar-refractivity contribution in [1.29, 1.82) is 0 Å². The number of nitrogens with one attached hydrogen (secondary N) is 2. The van der Waals surface area contributed by atoms with Gasteiger partial charge in [-0.3, -0.25) is 0 Å². The van der Waals surface area contributed by atoms with Crippen molar-refractivity contribution in [2.75, 3.05) is 17.7 Å². The zero-order chi connectivity index (χ0) is 12.3. The van der Waals surface area contributed by atoms with Gasteiger partial charge in [0.15, 0.2) is 0 Å². The summed E-state index contributed by atoms with van der Waals surface area (Å²) in [5.74, 6) is 3.08. The van der Waals surface area contributed by atoms with E-state index in [-0.39, 0.29) is 0 Å². The number of rotatable bonds is 4. The molecule has 2 aromatic heterocycles. The normalized spacial score (nSPS) is 10.3. The maximum atomic E-state index is 4.99. The topological polar surface area (TPSA) is 75.9 Å². The number of hydrogen-bond acceptors (Lipinski definition) is 6. The lowest BCUT2D eigenvalue weighted by Crippen LogP contribution is -2.05. The van der Waals surface area contributed by atoms with Gasteiger partial charge in [0.1, 0.15) is 28.9 Å². The van der Waals surface area contributed by atoms with Crippen LogP contribution in [-0.4, -0.2) is 22.2 Å². The van der Waals surface area contributed by atoms with E-state index in [4.69, 9.17) is 4.52 Å². The van der Waals surface area contributed by atoms with E-state index in [9.17, 15) is 0 Å². The van der Waals surface area contributed by atoms with Gasteiger partial charge in [0.25, 0.3) is 0 Å². The second-order valence-electron chi connectivity index (χ2n) is 3.72. The molecule has 0 saturated heterocycles. The maximum absolute atomic E-state index is 4.99. The van der Waals surface area contributed by atoms with Crippen LogP contribution < -0.4 is 10.6 Å². The van der Waals surface area contributed by atoms with Gasteiger partial charge in [-0.2, -0.15) is 0 Å². The molecular weight excluding hydrogens is 218 g/mol. The minimum absolute atomic E-state index is 0.580. The quantitative estimate of drug-likeness (QED) is 0.837. The second-order valence-corrected chi connectivity index (χ2v) is 3.72. The summed E-state index contributed by atoms with van der Waals surface area (Å²) < 4.78 is 4.99. The molecule has 2 heterocycles. The van der Waals surface area contributed by atoms with E-state index >= 15 is 0 Å². The van der Waals surface area contributed by atoms with Crippen molar-refractivity contribution in [3.05, 3.63) is 29.4 Å². The molecule has 0 aliphatic heterocycles. The molecule has 6 nitrogen and oxygen atoms in total. The fraction of sp³-hybridized carbons (Fsp3) is 0.364. The van der Waals surface area contributed by atoms with E-state index in [0.717, 1.165) is 28.9 Å². The third kappa shape index (κ3) is 2.93. The summed E-state index contributed by atoms with van der Waals surface area (Å²) in [5.41, 5.74) is 0.852. The first-order valence-corrected chi connectivity index (χ1v) is 5.37. The van der Waals surface area contributed by atoms with Crippen LogP contribution in [0.4, 0.5) is 11.6 Å². The number of aromatic nitrogens is 3. The molecule has 0 saturated carbocycles. The minimum Gasteiger partial charge on any atom is -0.373 e. The Morgan fingerprint density at radius 1 is 1.18 bits per heavy atom. The van der Waals surface area contributed by atoms with Gasteiger partial charge in [-0.25, -0.2) is 9.97 Å². The summed E-state index contributed by atoms with van der Waals surface area (Å²) in [6, 6.07) is 3.74. The van der Waals surface area contributed by atoms with Gasteiger partial charge in [-0.05, 0) is 13.8 Å². The van der Waals surface area contributed by atoms with Gasteiger partial charge in [-0.15, -0.1) is 0 Å². The zero-order valence-corrected chi connectivity index (χ0v) is 10.1. The fourth-order valence-electron chi connectivity index (χ4n) is 1.47. The van der Waals surface area contributed by atoms with E-state index < -0.39 is 0 Å². The summed E-state index contributed by atoms with van der Waals surface area (Å²) in [7, 11) is 1.83. The lowest BCUT2D eigenvalue weighted by Gasteiger charge is -2.06. The van der Waals surface area contributed by atoms with E-state index in [1.54, 1.807) is 0 Å².